The Kier molecular flexibility index (Phi) is 5.52. The summed E-state index contributed by atoms with van der Waals surface area (Å²) in [6.07, 6.45) is 0.698. The van der Waals surface area contributed by atoms with Crippen molar-refractivity contribution in [2.45, 2.75) is 19.0 Å². The zero-order valence-electron chi connectivity index (χ0n) is 11.8. The quantitative estimate of drug-likeness (QED) is 0.778. The molecule has 1 aliphatic rings. The van der Waals surface area contributed by atoms with Gasteiger partial charge in [-0.05, 0) is 17.5 Å². The number of hydrogen-bond donors (Lipinski definition) is 2. The summed E-state index contributed by atoms with van der Waals surface area (Å²) in [6, 6.07) is 7.95. The fraction of sp³-hybridized carbons (Fsp3) is 0.533. The fourth-order valence-electron chi connectivity index (χ4n) is 2.50. The number of hydrogen-bond acceptors (Lipinski definition) is 4. The molecule has 0 saturated carbocycles. The van der Waals surface area contributed by atoms with Crippen molar-refractivity contribution < 1.29 is 14.6 Å². The topological polar surface area (TPSA) is 61.8 Å². The maximum atomic E-state index is 12.5. The number of nitrogens with one attached hydrogen (secondary N) is 1. The molecule has 1 aromatic carbocycles. The number of rotatable bonds is 6. The van der Waals surface area contributed by atoms with E-state index in [-0.39, 0.29) is 18.6 Å². The van der Waals surface area contributed by atoms with Crippen molar-refractivity contribution in [2.24, 2.45) is 0 Å². The predicted octanol–water partition coefficient (Wildman–Crippen LogP) is 0.168. The summed E-state index contributed by atoms with van der Waals surface area (Å²) < 4.78 is 5.02. The molecule has 0 spiro atoms. The maximum Gasteiger partial charge on any atom is 0.240 e. The number of amides is 1. The molecule has 1 amide bonds. The van der Waals surface area contributed by atoms with Crippen molar-refractivity contribution >= 4 is 5.91 Å². The molecule has 110 valence electrons. The molecular weight excluding hydrogens is 256 g/mol. The first-order chi connectivity index (χ1) is 9.76. The standard InChI is InChI=1S/C15H22N2O3/c1-20-9-7-17(6-8-18)15(19)14-10-12-4-2-3-5-13(12)11-16-14/h2-5,14,16,18H,6-11H2,1H3/t14-/m0/s1. The molecule has 20 heavy (non-hydrogen) atoms. The van der Waals surface area contributed by atoms with E-state index in [1.807, 2.05) is 12.1 Å². The zero-order chi connectivity index (χ0) is 14.4. The van der Waals surface area contributed by atoms with Gasteiger partial charge in [0.25, 0.3) is 0 Å². The monoisotopic (exact) mass is 278 g/mol. The van der Waals surface area contributed by atoms with Crippen LogP contribution in [0.3, 0.4) is 0 Å². The lowest BCUT2D eigenvalue weighted by atomic mass is 9.95. The maximum absolute atomic E-state index is 12.5. The van der Waals surface area contributed by atoms with E-state index in [0.717, 1.165) is 0 Å². The number of nitrogens with zero attached hydrogens (tertiary/aromatic N) is 1. The van der Waals surface area contributed by atoms with Crippen LogP contribution in [0, 0.1) is 0 Å². The highest BCUT2D eigenvalue weighted by atomic mass is 16.5. The third kappa shape index (κ3) is 3.56. The van der Waals surface area contributed by atoms with Gasteiger partial charge in [0, 0.05) is 26.7 Å². The van der Waals surface area contributed by atoms with Gasteiger partial charge in [0.2, 0.25) is 5.91 Å². The summed E-state index contributed by atoms with van der Waals surface area (Å²) in [5.74, 6) is 0.0330. The highest BCUT2D eigenvalue weighted by molar-refractivity contribution is 5.82. The first-order valence-electron chi connectivity index (χ1n) is 6.95. The SMILES string of the molecule is COCCN(CCO)C(=O)[C@@H]1Cc2ccccc2CN1. The Balaban J connectivity index is 2.01. The fourth-order valence-corrected chi connectivity index (χ4v) is 2.50. The highest BCUT2D eigenvalue weighted by Crippen LogP contribution is 2.17. The molecule has 0 aliphatic carbocycles. The number of fused-ring (bicyclic) bond motifs is 1. The summed E-state index contributed by atoms with van der Waals surface area (Å²) in [7, 11) is 1.61. The summed E-state index contributed by atoms with van der Waals surface area (Å²) in [6.45, 7) is 2.02. The van der Waals surface area contributed by atoms with Gasteiger partial charge in [-0.3, -0.25) is 4.79 Å². The van der Waals surface area contributed by atoms with Crippen molar-refractivity contribution in [1.29, 1.82) is 0 Å². The molecule has 2 rings (SSSR count). The largest absolute Gasteiger partial charge is 0.395 e. The van der Waals surface area contributed by atoms with E-state index in [4.69, 9.17) is 9.84 Å². The van der Waals surface area contributed by atoms with Gasteiger partial charge >= 0.3 is 0 Å². The Hall–Kier alpha value is -1.43. The Labute approximate surface area is 119 Å². The Morgan fingerprint density at radius 1 is 1.40 bits per heavy atom. The van der Waals surface area contributed by atoms with E-state index in [2.05, 4.69) is 17.4 Å². The van der Waals surface area contributed by atoms with E-state index in [9.17, 15) is 4.79 Å². The second-order valence-corrected chi connectivity index (χ2v) is 4.95. The van der Waals surface area contributed by atoms with Crippen LogP contribution >= 0.6 is 0 Å². The minimum atomic E-state index is -0.215. The third-order valence-electron chi connectivity index (χ3n) is 3.63. The first-order valence-corrected chi connectivity index (χ1v) is 6.95. The summed E-state index contributed by atoms with van der Waals surface area (Å²) >= 11 is 0. The predicted molar refractivity (Wildman–Crippen MR) is 76.3 cm³/mol. The molecule has 1 atom stereocenters. The Morgan fingerprint density at radius 2 is 2.15 bits per heavy atom. The van der Waals surface area contributed by atoms with Crippen molar-refractivity contribution in [3.63, 3.8) is 0 Å². The molecule has 0 saturated heterocycles. The molecule has 0 unspecified atom stereocenters. The average molecular weight is 278 g/mol. The van der Waals surface area contributed by atoms with Crippen LogP contribution in [-0.2, 0) is 22.5 Å². The van der Waals surface area contributed by atoms with Crippen molar-refractivity contribution in [1.82, 2.24) is 10.2 Å². The van der Waals surface area contributed by atoms with Crippen LogP contribution in [0.1, 0.15) is 11.1 Å². The van der Waals surface area contributed by atoms with E-state index < -0.39 is 0 Å². The van der Waals surface area contributed by atoms with Gasteiger partial charge in [-0.25, -0.2) is 0 Å². The van der Waals surface area contributed by atoms with Gasteiger partial charge in [0.05, 0.1) is 19.3 Å². The molecule has 0 radical (unpaired) electrons. The van der Waals surface area contributed by atoms with E-state index in [1.165, 1.54) is 11.1 Å². The van der Waals surface area contributed by atoms with Crippen LogP contribution in [0.15, 0.2) is 24.3 Å². The molecule has 0 bridgehead atoms. The van der Waals surface area contributed by atoms with Crippen LogP contribution in [-0.4, -0.2) is 55.4 Å². The number of carbonyl (C=O) groups excluding carboxylic acids is 1. The van der Waals surface area contributed by atoms with Gasteiger partial charge in [0.1, 0.15) is 0 Å². The second-order valence-electron chi connectivity index (χ2n) is 4.95. The van der Waals surface area contributed by atoms with E-state index in [1.54, 1.807) is 12.0 Å². The molecule has 5 heteroatoms. The third-order valence-corrected chi connectivity index (χ3v) is 3.63. The molecule has 1 aliphatic heterocycles. The van der Waals surface area contributed by atoms with Crippen molar-refractivity contribution in [3.8, 4) is 0 Å². The van der Waals surface area contributed by atoms with Crippen LogP contribution in [0.25, 0.3) is 0 Å². The van der Waals surface area contributed by atoms with Crippen LogP contribution < -0.4 is 5.32 Å². The summed E-state index contributed by atoms with van der Waals surface area (Å²) in [5, 5.41) is 12.4. The smallest absolute Gasteiger partial charge is 0.240 e. The van der Waals surface area contributed by atoms with Crippen LogP contribution in [0.5, 0.6) is 0 Å². The Bertz CT molecular complexity index is 450. The molecule has 2 N–H and O–H groups in total. The minimum Gasteiger partial charge on any atom is -0.395 e. The lowest BCUT2D eigenvalue weighted by Gasteiger charge is -2.30. The minimum absolute atomic E-state index is 0.0290. The number of ether oxygens (including phenoxy) is 1. The first kappa shape index (κ1) is 15.0. The number of methoxy groups -OCH3 is 1. The number of aliphatic hydroxyl groups is 1. The van der Waals surface area contributed by atoms with Gasteiger partial charge in [-0.2, -0.15) is 0 Å². The zero-order valence-corrected chi connectivity index (χ0v) is 11.8. The molecule has 5 nitrogen and oxygen atoms in total. The number of aliphatic hydroxyl groups excluding tert-OH is 1. The van der Waals surface area contributed by atoms with Crippen LogP contribution in [0.2, 0.25) is 0 Å². The highest BCUT2D eigenvalue weighted by Gasteiger charge is 2.27. The molecule has 0 aromatic heterocycles. The average Bonchev–Trinajstić information content (AvgIpc) is 2.50. The number of benzene rings is 1. The van der Waals surface area contributed by atoms with E-state index >= 15 is 0 Å². The van der Waals surface area contributed by atoms with Gasteiger partial charge in [-0.15, -0.1) is 0 Å². The van der Waals surface area contributed by atoms with Gasteiger partial charge in [0.15, 0.2) is 0 Å². The number of carbonyl (C=O) groups is 1. The van der Waals surface area contributed by atoms with E-state index in [0.29, 0.717) is 32.7 Å². The van der Waals surface area contributed by atoms with Crippen molar-refractivity contribution in [2.75, 3.05) is 33.4 Å². The molecule has 1 aromatic rings. The lowest BCUT2D eigenvalue weighted by Crippen LogP contribution is -2.50. The normalized spacial score (nSPS) is 17.6. The van der Waals surface area contributed by atoms with Gasteiger partial charge in [-0.1, -0.05) is 24.3 Å². The second kappa shape index (κ2) is 7.38. The lowest BCUT2D eigenvalue weighted by molar-refractivity contribution is -0.134. The summed E-state index contributed by atoms with van der Waals surface area (Å²) in [5.41, 5.74) is 2.47. The molecule has 0 fully saturated rings. The molecular formula is C15H22N2O3. The summed E-state index contributed by atoms with van der Waals surface area (Å²) in [4.78, 5) is 14.2. The Morgan fingerprint density at radius 3 is 2.85 bits per heavy atom. The van der Waals surface area contributed by atoms with Gasteiger partial charge < -0.3 is 20.1 Å². The van der Waals surface area contributed by atoms with Crippen LogP contribution in [0.4, 0.5) is 0 Å². The van der Waals surface area contributed by atoms with Crippen molar-refractivity contribution in [3.05, 3.63) is 35.4 Å². The molecule has 1 heterocycles.